The molecule has 0 saturated heterocycles. The second-order valence-electron chi connectivity index (χ2n) is 2.31. The molecule has 60 valence electrons. The van der Waals surface area contributed by atoms with Gasteiger partial charge in [-0.1, -0.05) is 0 Å². The number of rotatable bonds is 4. The standard InChI is InChI=1S/C7H11N3O/c1-8-7(4-11)2-6-3-9-5-10-6/h3-5,7-8H,2H2,1H3,(H,9,10). The smallest absolute Gasteiger partial charge is 0.137 e. The van der Waals surface area contributed by atoms with E-state index in [0.717, 1.165) is 12.0 Å². The molecule has 2 N–H and O–H groups in total. The Labute approximate surface area is 65.0 Å². The molecule has 0 aromatic carbocycles. The Morgan fingerprint density at radius 1 is 1.91 bits per heavy atom. The van der Waals surface area contributed by atoms with Crippen LogP contribution in [0, 0.1) is 0 Å². The first-order valence-electron chi connectivity index (χ1n) is 3.46. The van der Waals surface area contributed by atoms with Crippen LogP contribution in [0.1, 0.15) is 5.69 Å². The van der Waals surface area contributed by atoms with E-state index in [1.54, 1.807) is 19.6 Å². The van der Waals surface area contributed by atoms with Crippen LogP contribution in [0.15, 0.2) is 12.5 Å². The molecule has 11 heavy (non-hydrogen) atoms. The number of aldehydes is 1. The van der Waals surface area contributed by atoms with Crippen LogP contribution < -0.4 is 5.32 Å². The molecule has 0 aliphatic heterocycles. The van der Waals surface area contributed by atoms with Gasteiger partial charge in [0.15, 0.2) is 0 Å². The van der Waals surface area contributed by atoms with Gasteiger partial charge in [0.2, 0.25) is 0 Å². The highest BCUT2D eigenvalue weighted by Crippen LogP contribution is 1.94. The lowest BCUT2D eigenvalue weighted by Gasteiger charge is -2.05. The highest BCUT2D eigenvalue weighted by molar-refractivity contribution is 5.57. The van der Waals surface area contributed by atoms with Crippen molar-refractivity contribution in [3.8, 4) is 0 Å². The minimum atomic E-state index is -0.115. The highest BCUT2D eigenvalue weighted by atomic mass is 16.1. The van der Waals surface area contributed by atoms with Gasteiger partial charge in [-0.3, -0.25) is 0 Å². The zero-order valence-electron chi connectivity index (χ0n) is 6.37. The van der Waals surface area contributed by atoms with Crippen molar-refractivity contribution in [3.63, 3.8) is 0 Å². The van der Waals surface area contributed by atoms with Crippen LogP contribution in [0.3, 0.4) is 0 Å². The van der Waals surface area contributed by atoms with Gasteiger partial charge in [0, 0.05) is 18.3 Å². The van der Waals surface area contributed by atoms with E-state index in [2.05, 4.69) is 15.3 Å². The number of carbonyl (C=O) groups is 1. The summed E-state index contributed by atoms with van der Waals surface area (Å²) < 4.78 is 0. The SMILES string of the molecule is CNC(C=O)Cc1cnc[nH]1. The van der Waals surface area contributed by atoms with Gasteiger partial charge in [-0.2, -0.15) is 0 Å². The zero-order valence-corrected chi connectivity index (χ0v) is 6.37. The third kappa shape index (κ3) is 2.16. The molecule has 1 atom stereocenters. The number of hydrogen-bond acceptors (Lipinski definition) is 3. The molecule has 0 saturated carbocycles. The predicted octanol–water partition coefficient (Wildman–Crippen LogP) is -0.261. The van der Waals surface area contributed by atoms with Crippen LogP contribution in [0.4, 0.5) is 0 Å². The van der Waals surface area contributed by atoms with Gasteiger partial charge >= 0.3 is 0 Å². The first kappa shape index (κ1) is 7.94. The van der Waals surface area contributed by atoms with E-state index in [0.29, 0.717) is 6.42 Å². The summed E-state index contributed by atoms with van der Waals surface area (Å²) in [6.07, 6.45) is 4.88. The lowest BCUT2D eigenvalue weighted by atomic mass is 10.2. The quantitative estimate of drug-likeness (QED) is 0.586. The normalized spacial score (nSPS) is 12.8. The number of aromatic amines is 1. The van der Waals surface area contributed by atoms with E-state index in [4.69, 9.17) is 0 Å². The fourth-order valence-electron chi connectivity index (χ4n) is 0.851. The number of aromatic nitrogens is 2. The molecule has 1 aromatic rings. The van der Waals surface area contributed by atoms with Crippen molar-refractivity contribution in [1.82, 2.24) is 15.3 Å². The maximum Gasteiger partial charge on any atom is 0.137 e. The van der Waals surface area contributed by atoms with Crippen molar-refractivity contribution in [2.45, 2.75) is 12.5 Å². The summed E-state index contributed by atoms with van der Waals surface area (Å²) in [5, 5.41) is 2.87. The average molecular weight is 153 g/mol. The third-order valence-electron chi connectivity index (χ3n) is 1.53. The van der Waals surface area contributed by atoms with Crippen molar-refractivity contribution in [2.24, 2.45) is 0 Å². The molecule has 0 aliphatic carbocycles. The van der Waals surface area contributed by atoms with E-state index in [9.17, 15) is 4.79 Å². The Morgan fingerprint density at radius 3 is 3.18 bits per heavy atom. The Balaban J connectivity index is 2.47. The molecule has 1 rings (SSSR count). The molecule has 0 amide bonds. The predicted molar refractivity (Wildman–Crippen MR) is 41.2 cm³/mol. The molecule has 0 radical (unpaired) electrons. The van der Waals surface area contributed by atoms with Crippen molar-refractivity contribution < 1.29 is 4.79 Å². The molecule has 1 aromatic heterocycles. The maximum atomic E-state index is 10.4. The van der Waals surface area contributed by atoms with Crippen molar-refractivity contribution in [2.75, 3.05) is 7.05 Å². The number of carbonyl (C=O) groups excluding carboxylic acids is 1. The van der Waals surface area contributed by atoms with Crippen molar-refractivity contribution in [1.29, 1.82) is 0 Å². The van der Waals surface area contributed by atoms with Gasteiger partial charge in [-0.05, 0) is 7.05 Å². The largest absolute Gasteiger partial charge is 0.348 e. The summed E-state index contributed by atoms with van der Waals surface area (Å²) in [6.45, 7) is 0. The van der Waals surface area contributed by atoms with E-state index in [-0.39, 0.29) is 6.04 Å². The van der Waals surface area contributed by atoms with Crippen LogP contribution >= 0.6 is 0 Å². The molecule has 0 spiro atoms. The number of H-pyrrole nitrogens is 1. The Morgan fingerprint density at radius 2 is 2.73 bits per heavy atom. The van der Waals surface area contributed by atoms with Crippen molar-refractivity contribution in [3.05, 3.63) is 18.2 Å². The minimum absolute atomic E-state index is 0.115. The summed E-state index contributed by atoms with van der Waals surface area (Å²) in [6, 6.07) is -0.115. The number of nitrogens with zero attached hydrogens (tertiary/aromatic N) is 1. The van der Waals surface area contributed by atoms with Gasteiger partial charge in [0.25, 0.3) is 0 Å². The summed E-state index contributed by atoms with van der Waals surface area (Å²) >= 11 is 0. The number of likely N-dealkylation sites (N-methyl/N-ethyl adjacent to an activating group) is 1. The van der Waals surface area contributed by atoms with Crippen LogP contribution in [-0.2, 0) is 11.2 Å². The Bertz CT molecular complexity index is 207. The monoisotopic (exact) mass is 153 g/mol. The van der Waals surface area contributed by atoms with E-state index >= 15 is 0 Å². The summed E-state index contributed by atoms with van der Waals surface area (Å²) in [4.78, 5) is 17.1. The molecular weight excluding hydrogens is 142 g/mol. The second-order valence-corrected chi connectivity index (χ2v) is 2.31. The third-order valence-corrected chi connectivity index (χ3v) is 1.53. The first-order valence-corrected chi connectivity index (χ1v) is 3.46. The fraction of sp³-hybridized carbons (Fsp3) is 0.429. The summed E-state index contributed by atoms with van der Waals surface area (Å²) in [5.74, 6) is 0. The zero-order chi connectivity index (χ0) is 8.10. The average Bonchev–Trinajstić information content (AvgIpc) is 2.52. The summed E-state index contributed by atoms with van der Waals surface area (Å²) in [5.41, 5.74) is 0.969. The summed E-state index contributed by atoms with van der Waals surface area (Å²) in [7, 11) is 1.76. The Hall–Kier alpha value is -1.16. The van der Waals surface area contributed by atoms with Gasteiger partial charge in [-0.15, -0.1) is 0 Å². The van der Waals surface area contributed by atoms with Crippen molar-refractivity contribution >= 4 is 6.29 Å². The number of imidazole rings is 1. The first-order chi connectivity index (χ1) is 5.36. The molecule has 1 unspecified atom stereocenters. The van der Waals surface area contributed by atoms with E-state index in [1.165, 1.54) is 0 Å². The van der Waals surface area contributed by atoms with Crippen LogP contribution in [-0.4, -0.2) is 29.3 Å². The lowest BCUT2D eigenvalue weighted by molar-refractivity contribution is -0.109. The molecule has 4 nitrogen and oxygen atoms in total. The molecular formula is C7H11N3O. The highest BCUT2D eigenvalue weighted by Gasteiger charge is 2.04. The maximum absolute atomic E-state index is 10.4. The van der Waals surface area contributed by atoms with Gasteiger partial charge < -0.3 is 15.1 Å². The fourth-order valence-corrected chi connectivity index (χ4v) is 0.851. The molecule has 0 aliphatic rings. The van der Waals surface area contributed by atoms with Gasteiger partial charge in [0.1, 0.15) is 6.29 Å². The van der Waals surface area contributed by atoms with Crippen LogP contribution in [0.5, 0.6) is 0 Å². The van der Waals surface area contributed by atoms with Gasteiger partial charge in [-0.25, -0.2) is 4.98 Å². The number of nitrogens with one attached hydrogen (secondary N) is 2. The molecule has 1 heterocycles. The minimum Gasteiger partial charge on any atom is -0.348 e. The molecule has 0 fully saturated rings. The van der Waals surface area contributed by atoms with Crippen LogP contribution in [0.25, 0.3) is 0 Å². The van der Waals surface area contributed by atoms with Crippen LogP contribution in [0.2, 0.25) is 0 Å². The van der Waals surface area contributed by atoms with E-state index < -0.39 is 0 Å². The molecule has 4 heteroatoms. The Kier molecular flexibility index (Phi) is 2.80. The number of hydrogen-bond donors (Lipinski definition) is 2. The van der Waals surface area contributed by atoms with E-state index in [1.807, 2.05) is 0 Å². The second kappa shape index (κ2) is 3.88. The lowest BCUT2D eigenvalue weighted by Crippen LogP contribution is -2.28. The molecule has 0 bridgehead atoms. The topological polar surface area (TPSA) is 57.8 Å². The van der Waals surface area contributed by atoms with Gasteiger partial charge in [0.05, 0.1) is 12.4 Å².